The molecule has 4 rings (SSSR count). The first-order chi connectivity index (χ1) is 14.1. The molecule has 0 fully saturated rings. The average Bonchev–Trinajstić information content (AvgIpc) is 3.44. The lowest BCUT2D eigenvalue weighted by molar-refractivity contribution is -0.114. The van der Waals surface area contributed by atoms with Gasteiger partial charge in [-0.3, -0.25) is 9.69 Å². The van der Waals surface area contributed by atoms with Crippen LogP contribution in [-0.4, -0.2) is 27.0 Å². The van der Waals surface area contributed by atoms with Crippen molar-refractivity contribution in [1.82, 2.24) is 14.5 Å². The normalized spacial score (nSPS) is 11.5. The Hall–Kier alpha value is -2.77. The molecule has 0 spiro atoms. The topological polar surface area (TPSA) is 51.0 Å². The number of benzene rings is 1. The highest BCUT2D eigenvalue weighted by molar-refractivity contribution is 7.22. The van der Waals surface area contributed by atoms with Crippen molar-refractivity contribution in [3.63, 3.8) is 0 Å². The summed E-state index contributed by atoms with van der Waals surface area (Å²) in [5, 5.41) is 2.76. The van der Waals surface area contributed by atoms with E-state index in [-0.39, 0.29) is 5.91 Å². The minimum atomic E-state index is -0.0440. The second kappa shape index (κ2) is 8.71. The maximum Gasteiger partial charge on any atom is 0.252 e. The molecule has 3 aromatic heterocycles. The molecule has 29 heavy (non-hydrogen) atoms. The van der Waals surface area contributed by atoms with Gasteiger partial charge in [0.1, 0.15) is 0 Å². The van der Waals surface area contributed by atoms with Gasteiger partial charge in [-0.15, -0.1) is 11.3 Å². The molecule has 0 aliphatic heterocycles. The summed E-state index contributed by atoms with van der Waals surface area (Å²) in [6.07, 6.45) is 9.85. The molecular formula is C22H22N4OS2. The highest BCUT2D eigenvalue weighted by Crippen LogP contribution is 2.32. The van der Waals surface area contributed by atoms with Gasteiger partial charge in [0.2, 0.25) is 0 Å². The summed E-state index contributed by atoms with van der Waals surface area (Å²) in [5.41, 5.74) is 3.34. The van der Waals surface area contributed by atoms with Crippen molar-refractivity contribution in [2.24, 2.45) is 0 Å². The van der Waals surface area contributed by atoms with Crippen molar-refractivity contribution in [3.8, 4) is 0 Å². The van der Waals surface area contributed by atoms with Crippen molar-refractivity contribution < 1.29 is 4.79 Å². The molecule has 0 radical (unpaired) electrons. The van der Waals surface area contributed by atoms with E-state index in [9.17, 15) is 4.79 Å². The minimum absolute atomic E-state index is 0.0440. The van der Waals surface area contributed by atoms with Crippen LogP contribution in [0.1, 0.15) is 22.4 Å². The lowest BCUT2D eigenvalue weighted by Crippen LogP contribution is -2.30. The van der Waals surface area contributed by atoms with E-state index in [1.807, 2.05) is 34.4 Å². The van der Waals surface area contributed by atoms with Crippen LogP contribution >= 0.6 is 22.7 Å². The third-order valence-corrected chi connectivity index (χ3v) is 6.66. The second-order valence-corrected chi connectivity index (χ2v) is 8.88. The van der Waals surface area contributed by atoms with E-state index in [4.69, 9.17) is 4.98 Å². The van der Waals surface area contributed by atoms with Crippen LogP contribution in [0, 0.1) is 13.8 Å². The number of nitrogens with zero attached hydrogens (tertiary/aromatic N) is 4. The molecule has 0 saturated heterocycles. The van der Waals surface area contributed by atoms with Gasteiger partial charge in [0.15, 0.2) is 5.13 Å². The number of thiazole rings is 1. The van der Waals surface area contributed by atoms with Crippen LogP contribution in [0.4, 0.5) is 5.13 Å². The Bertz CT molecular complexity index is 1130. The lowest BCUT2D eigenvalue weighted by Gasteiger charge is -2.18. The van der Waals surface area contributed by atoms with Gasteiger partial charge in [0.05, 0.1) is 16.5 Å². The molecule has 0 saturated carbocycles. The fourth-order valence-electron chi connectivity index (χ4n) is 3.24. The summed E-state index contributed by atoms with van der Waals surface area (Å²) in [5.74, 6) is -0.0440. The number of rotatable bonds is 7. The van der Waals surface area contributed by atoms with Crippen LogP contribution in [0.2, 0.25) is 0 Å². The Morgan fingerprint density at radius 2 is 2.21 bits per heavy atom. The number of carbonyl (C=O) groups is 1. The quantitative estimate of drug-likeness (QED) is 0.379. The van der Waals surface area contributed by atoms with E-state index in [0.29, 0.717) is 6.54 Å². The molecule has 0 unspecified atom stereocenters. The smallest absolute Gasteiger partial charge is 0.252 e. The number of amides is 1. The number of anilines is 1. The zero-order valence-electron chi connectivity index (χ0n) is 16.4. The zero-order valence-corrected chi connectivity index (χ0v) is 18.0. The SMILES string of the molecule is Cc1cc(C)c2sc(N(CCCn3ccnc3)C(=O)/C=C/c3cccs3)nc2c1. The Kier molecular flexibility index (Phi) is 5.87. The molecule has 148 valence electrons. The molecule has 0 N–H and O–H groups in total. The van der Waals surface area contributed by atoms with Gasteiger partial charge >= 0.3 is 0 Å². The monoisotopic (exact) mass is 422 g/mol. The molecule has 7 heteroatoms. The second-order valence-electron chi connectivity index (χ2n) is 6.92. The molecule has 4 aromatic rings. The number of aromatic nitrogens is 3. The van der Waals surface area contributed by atoms with Gasteiger partial charge in [-0.1, -0.05) is 23.5 Å². The van der Waals surface area contributed by atoms with Crippen molar-refractivity contribution in [2.75, 3.05) is 11.4 Å². The van der Waals surface area contributed by atoms with Crippen molar-refractivity contribution in [1.29, 1.82) is 0 Å². The number of carbonyl (C=O) groups excluding carboxylic acids is 1. The van der Waals surface area contributed by atoms with E-state index >= 15 is 0 Å². The van der Waals surface area contributed by atoms with Crippen LogP contribution in [0.3, 0.4) is 0 Å². The van der Waals surface area contributed by atoms with Crippen molar-refractivity contribution in [3.05, 3.63) is 70.4 Å². The first kappa shape index (κ1) is 19.5. The average molecular weight is 423 g/mol. The number of aryl methyl sites for hydroxylation is 3. The van der Waals surface area contributed by atoms with E-state index < -0.39 is 0 Å². The molecule has 1 aromatic carbocycles. The largest absolute Gasteiger partial charge is 0.337 e. The number of thiophene rings is 1. The Morgan fingerprint density at radius 1 is 1.31 bits per heavy atom. The van der Waals surface area contributed by atoms with Gasteiger partial charge in [-0.05, 0) is 55.0 Å². The summed E-state index contributed by atoms with van der Waals surface area (Å²) in [6, 6.07) is 8.22. The molecule has 0 atom stereocenters. The Morgan fingerprint density at radius 3 is 2.97 bits per heavy atom. The number of hydrogen-bond acceptors (Lipinski definition) is 5. The van der Waals surface area contributed by atoms with Crippen LogP contribution in [-0.2, 0) is 11.3 Å². The van der Waals surface area contributed by atoms with Crippen LogP contribution in [0.25, 0.3) is 16.3 Å². The maximum atomic E-state index is 13.1. The van der Waals surface area contributed by atoms with Gasteiger partial charge in [0, 0.05) is 36.4 Å². The van der Waals surface area contributed by atoms with Gasteiger partial charge in [-0.2, -0.15) is 0 Å². The molecule has 1 amide bonds. The predicted octanol–water partition coefficient (Wildman–Crippen LogP) is 5.31. The zero-order chi connectivity index (χ0) is 20.2. The molecule has 0 aliphatic carbocycles. The molecule has 0 aliphatic rings. The number of hydrogen-bond donors (Lipinski definition) is 0. The summed E-state index contributed by atoms with van der Waals surface area (Å²) in [4.78, 5) is 24.8. The fraction of sp³-hybridized carbons (Fsp3) is 0.227. The Balaban J connectivity index is 1.59. The van der Waals surface area contributed by atoms with Crippen LogP contribution in [0.5, 0.6) is 0 Å². The van der Waals surface area contributed by atoms with Crippen molar-refractivity contribution in [2.45, 2.75) is 26.8 Å². The van der Waals surface area contributed by atoms with E-state index in [2.05, 4.69) is 31.0 Å². The molecule has 3 heterocycles. The summed E-state index contributed by atoms with van der Waals surface area (Å²) < 4.78 is 3.16. The number of imidazole rings is 1. The van der Waals surface area contributed by atoms with E-state index in [1.54, 1.807) is 46.2 Å². The van der Waals surface area contributed by atoms with E-state index in [0.717, 1.165) is 33.2 Å². The van der Waals surface area contributed by atoms with Gasteiger partial charge < -0.3 is 4.57 Å². The molecule has 5 nitrogen and oxygen atoms in total. The van der Waals surface area contributed by atoms with Crippen molar-refractivity contribution >= 4 is 50.0 Å². The summed E-state index contributed by atoms with van der Waals surface area (Å²) in [6.45, 7) is 5.58. The molecular weight excluding hydrogens is 400 g/mol. The van der Waals surface area contributed by atoms with E-state index in [1.165, 1.54) is 11.1 Å². The van der Waals surface area contributed by atoms with Crippen LogP contribution in [0.15, 0.2) is 54.4 Å². The molecule has 0 bridgehead atoms. The highest BCUT2D eigenvalue weighted by atomic mass is 32.1. The van der Waals surface area contributed by atoms with Crippen LogP contribution < -0.4 is 4.90 Å². The maximum absolute atomic E-state index is 13.1. The first-order valence-corrected chi connectivity index (χ1v) is 11.2. The standard InChI is InChI=1S/C22H22N4OS2/c1-16-13-17(2)21-19(14-16)24-22(29-21)26(10-4-9-25-11-8-23-15-25)20(27)7-6-18-5-3-12-28-18/h3,5-8,11-15H,4,9-10H2,1-2H3/b7-6+. The number of fused-ring (bicyclic) bond motifs is 1. The first-order valence-electron chi connectivity index (χ1n) is 9.47. The Labute approximate surface area is 178 Å². The third kappa shape index (κ3) is 4.63. The lowest BCUT2D eigenvalue weighted by atomic mass is 10.1. The predicted molar refractivity (Wildman–Crippen MR) is 122 cm³/mol. The van der Waals surface area contributed by atoms with Gasteiger partial charge in [0.25, 0.3) is 5.91 Å². The highest BCUT2D eigenvalue weighted by Gasteiger charge is 2.18. The fourth-order valence-corrected chi connectivity index (χ4v) is 4.91. The summed E-state index contributed by atoms with van der Waals surface area (Å²) in [7, 11) is 0. The third-order valence-electron chi connectivity index (χ3n) is 4.60. The summed E-state index contributed by atoms with van der Waals surface area (Å²) >= 11 is 3.20. The minimum Gasteiger partial charge on any atom is -0.337 e. The van der Waals surface area contributed by atoms with Gasteiger partial charge in [-0.25, -0.2) is 9.97 Å².